The summed E-state index contributed by atoms with van der Waals surface area (Å²) >= 11 is 0. The molecule has 1 fully saturated rings. The molecule has 0 amide bonds. The van der Waals surface area contributed by atoms with E-state index in [2.05, 4.69) is 10.3 Å². The van der Waals surface area contributed by atoms with Crippen molar-refractivity contribution in [3.8, 4) is 0 Å². The Hall–Kier alpha value is -1.06. The van der Waals surface area contributed by atoms with Gasteiger partial charge in [0.1, 0.15) is 11.3 Å². The molecule has 0 aromatic carbocycles. The number of nitrogens with one attached hydrogen (secondary N) is 1. The van der Waals surface area contributed by atoms with E-state index in [1.54, 1.807) is 0 Å². The summed E-state index contributed by atoms with van der Waals surface area (Å²) in [7, 11) is 0. The summed E-state index contributed by atoms with van der Waals surface area (Å²) in [6.45, 7) is 6.55. The largest absolute Gasteiger partial charge is 0.480 e. The van der Waals surface area contributed by atoms with Gasteiger partial charge in [-0.25, -0.2) is 0 Å². The zero-order valence-electron chi connectivity index (χ0n) is 9.71. The molecule has 4 nitrogen and oxygen atoms in total. The molecular formula is C11H20N2O2. The van der Waals surface area contributed by atoms with Gasteiger partial charge in [-0.1, -0.05) is 6.42 Å². The van der Waals surface area contributed by atoms with Crippen molar-refractivity contribution in [1.82, 2.24) is 5.32 Å². The van der Waals surface area contributed by atoms with Crippen molar-refractivity contribution >= 4 is 11.8 Å². The van der Waals surface area contributed by atoms with Gasteiger partial charge in [0.2, 0.25) is 0 Å². The van der Waals surface area contributed by atoms with E-state index in [-0.39, 0.29) is 6.04 Å². The van der Waals surface area contributed by atoms with E-state index < -0.39 is 11.4 Å². The van der Waals surface area contributed by atoms with E-state index in [0.717, 1.165) is 6.42 Å². The fourth-order valence-electron chi connectivity index (χ4n) is 1.85. The molecule has 0 spiro atoms. The van der Waals surface area contributed by atoms with Crippen LogP contribution in [0.4, 0.5) is 0 Å². The minimum absolute atomic E-state index is 0.229. The van der Waals surface area contributed by atoms with Gasteiger partial charge in [0.15, 0.2) is 0 Å². The Morgan fingerprint density at radius 2 is 2.13 bits per heavy atom. The van der Waals surface area contributed by atoms with Gasteiger partial charge in [-0.3, -0.25) is 9.79 Å². The van der Waals surface area contributed by atoms with Crippen LogP contribution in [-0.4, -0.2) is 29.5 Å². The van der Waals surface area contributed by atoms with Crippen molar-refractivity contribution in [3.63, 3.8) is 0 Å². The van der Waals surface area contributed by atoms with Crippen molar-refractivity contribution < 1.29 is 9.90 Å². The van der Waals surface area contributed by atoms with Crippen LogP contribution in [0, 0.1) is 5.41 Å². The zero-order valence-corrected chi connectivity index (χ0v) is 9.71. The third-order valence-corrected chi connectivity index (χ3v) is 2.81. The molecule has 0 unspecified atom stereocenters. The van der Waals surface area contributed by atoms with Gasteiger partial charge in [0, 0.05) is 12.6 Å². The number of aliphatic carboxylic acids is 1. The minimum atomic E-state index is -0.742. The van der Waals surface area contributed by atoms with Crippen molar-refractivity contribution in [3.05, 3.63) is 0 Å². The first-order valence-corrected chi connectivity index (χ1v) is 5.58. The highest BCUT2D eigenvalue weighted by molar-refractivity contribution is 6.05. The van der Waals surface area contributed by atoms with Crippen LogP contribution < -0.4 is 5.32 Å². The molecule has 0 radical (unpaired) electrons. The van der Waals surface area contributed by atoms with Crippen molar-refractivity contribution in [2.24, 2.45) is 10.4 Å². The summed E-state index contributed by atoms with van der Waals surface area (Å²) in [5, 5.41) is 12.4. The van der Waals surface area contributed by atoms with Crippen LogP contribution in [0.25, 0.3) is 0 Å². The van der Waals surface area contributed by atoms with Gasteiger partial charge in [-0.05, 0) is 33.6 Å². The predicted octanol–water partition coefficient (Wildman–Crippen LogP) is 1.66. The lowest BCUT2D eigenvalue weighted by atomic mass is 9.67. The van der Waals surface area contributed by atoms with Crippen LogP contribution >= 0.6 is 0 Å². The highest BCUT2D eigenvalue weighted by Crippen LogP contribution is 2.42. The van der Waals surface area contributed by atoms with E-state index >= 15 is 0 Å². The second-order valence-corrected chi connectivity index (χ2v) is 4.36. The number of rotatable bonds is 4. The van der Waals surface area contributed by atoms with E-state index in [1.165, 1.54) is 0 Å². The summed E-state index contributed by atoms with van der Waals surface area (Å²) in [5.41, 5.74) is -0.722. The Morgan fingerprint density at radius 3 is 2.40 bits per heavy atom. The molecule has 0 aliphatic heterocycles. The molecule has 4 heteroatoms. The Morgan fingerprint density at radius 1 is 1.53 bits per heavy atom. The summed E-state index contributed by atoms with van der Waals surface area (Å²) in [6, 6.07) is 0.229. The third kappa shape index (κ3) is 2.30. The van der Waals surface area contributed by atoms with Gasteiger partial charge in [-0.15, -0.1) is 0 Å². The van der Waals surface area contributed by atoms with E-state index in [1.807, 2.05) is 20.8 Å². The van der Waals surface area contributed by atoms with Crippen molar-refractivity contribution in [2.45, 2.75) is 46.1 Å². The van der Waals surface area contributed by atoms with Crippen molar-refractivity contribution in [1.29, 1.82) is 0 Å². The third-order valence-electron chi connectivity index (χ3n) is 2.81. The second kappa shape index (κ2) is 4.64. The fraction of sp³-hybridized carbons (Fsp3) is 0.818. The first kappa shape index (κ1) is 12.0. The standard InChI is InChI=1S/C11H20N2O2/c1-4-12-9(13-8(2)3)11(10(14)15)6-5-7-11/h8H,4-7H2,1-3H3,(H,12,13)(H,14,15). The topological polar surface area (TPSA) is 61.7 Å². The maximum atomic E-state index is 11.3. The number of carbonyl (C=O) groups is 1. The van der Waals surface area contributed by atoms with Crippen LogP contribution in [0.1, 0.15) is 40.0 Å². The molecule has 1 aliphatic rings. The first-order valence-electron chi connectivity index (χ1n) is 5.58. The number of hydrogen-bond acceptors (Lipinski definition) is 2. The SMILES string of the molecule is CCN=C(NC(C)C)C1(C(=O)O)CCC1. The van der Waals surface area contributed by atoms with Crippen LogP contribution in [0.3, 0.4) is 0 Å². The molecule has 0 bridgehead atoms. The highest BCUT2D eigenvalue weighted by atomic mass is 16.4. The Bertz CT molecular complexity index is 268. The average molecular weight is 212 g/mol. The Labute approximate surface area is 90.8 Å². The molecule has 86 valence electrons. The lowest BCUT2D eigenvalue weighted by Gasteiger charge is -2.39. The van der Waals surface area contributed by atoms with Crippen LogP contribution in [0.2, 0.25) is 0 Å². The fourth-order valence-corrected chi connectivity index (χ4v) is 1.85. The molecule has 0 atom stereocenters. The molecular weight excluding hydrogens is 192 g/mol. The normalized spacial score (nSPS) is 19.9. The second-order valence-electron chi connectivity index (χ2n) is 4.36. The Balaban J connectivity index is 2.87. The molecule has 0 saturated heterocycles. The van der Waals surface area contributed by atoms with Gasteiger partial charge < -0.3 is 10.4 Å². The van der Waals surface area contributed by atoms with Gasteiger partial charge in [0.05, 0.1) is 0 Å². The van der Waals surface area contributed by atoms with Gasteiger partial charge >= 0.3 is 5.97 Å². The van der Waals surface area contributed by atoms with E-state index in [4.69, 9.17) is 0 Å². The maximum Gasteiger partial charge on any atom is 0.317 e. The summed E-state index contributed by atoms with van der Waals surface area (Å²) < 4.78 is 0. The highest BCUT2D eigenvalue weighted by Gasteiger charge is 2.49. The van der Waals surface area contributed by atoms with E-state index in [9.17, 15) is 9.90 Å². The number of amidine groups is 1. The molecule has 1 rings (SSSR count). The zero-order chi connectivity index (χ0) is 11.5. The van der Waals surface area contributed by atoms with Crippen molar-refractivity contribution in [2.75, 3.05) is 6.54 Å². The molecule has 0 heterocycles. The lowest BCUT2D eigenvalue weighted by Crippen LogP contribution is -2.52. The summed E-state index contributed by atoms with van der Waals surface area (Å²) in [5.74, 6) is -0.0761. The number of nitrogens with zero attached hydrogens (tertiary/aromatic N) is 1. The lowest BCUT2D eigenvalue weighted by molar-refractivity contribution is -0.148. The predicted molar refractivity (Wildman–Crippen MR) is 60.2 cm³/mol. The molecule has 15 heavy (non-hydrogen) atoms. The smallest absolute Gasteiger partial charge is 0.317 e. The molecule has 1 aliphatic carbocycles. The number of carboxylic acids is 1. The molecule has 0 aromatic heterocycles. The monoisotopic (exact) mass is 212 g/mol. The first-order chi connectivity index (χ1) is 7.03. The Kier molecular flexibility index (Phi) is 3.72. The summed E-state index contributed by atoms with van der Waals surface area (Å²) in [4.78, 5) is 15.6. The van der Waals surface area contributed by atoms with Gasteiger partial charge in [-0.2, -0.15) is 0 Å². The minimum Gasteiger partial charge on any atom is -0.480 e. The van der Waals surface area contributed by atoms with Crippen LogP contribution in [0.5, 0.6) is 0 Å². The molecule has 2 N–H and O–H groups in total. The number of hydrogen-bond donors (Lipinski definition) is 2. The quantitative estimate of drug-likeness (QED) is 0.550. The van der Waals surface area contributed by atoms with E-state index in [0.29, 0.717) is 25.2 Å². The maximum absolute atomic E-state index is 11.3. The van der Waals surface area contributed by atoms with Gasteiger partial charge in [0.25, 0.3) is 0 Å². The summed E-state index contributed by atoms with van der Waals surface area (Å²) in [6.07, 6.45) is 2.40. The number of carboxylic acid groups (broad SMARTS) is 1. The molecule has 0 aromatic rings. The van der Waals surface area contributed by atoms with Crippen LogP contribution in [0.15, 0.2) is 4.99 Å². The van der Waals surface area contributed by atoms with Crippen LogP contribution in [-0.2, 0) is 4.79 Å². The average Bonchev–Trinajstić information content (AvgIpc) is 1.99. The molecule has 1 saturated carbocycles. The number of aliphatic imine (C=N–C) groups is 1.